The Balaban J connectivity index is 1.72. The van der Waals surface area contributed by atoms with Crippen LogP contribution in [0.5, 0.6) is 0 Å². The van der Waals surface area contributed by atoms with Crippen LogP contribution in [0.15, 0.2) is 25.9 Å². The van der Waals surface area contributed by atoms with Crippen LogP contribution < -0.4 is 0 Å². The van der Waals surface area contributed by atoms with E-state index < -0.39 is 0 Å². The summed E-state index contributed by atoms with van der Waals surface area (Å²) >= 11 is 3.22. The highest BCUT2D eigenvalue weighted by molar-refractivity contribution is 9.10. The van der Waals surface area contributed by atoms with Gasteiger partial charge in [0.05, 0.1) is 17.7 Å². The first-order valence-corrected chi connectivity index (χ1v) is 6.77. The van der Waals surface area contributed by atoms with Gasteiger partial charge < -0.3 is 13.8 Å². The number of nitrogens with zero attached hydrogens (tertiary/aromatic N) is 3. The van der Waals surface area contributed by atoms with E-state index in [-0.39, 0.29) is 11.8 Å². The first kappa shape index (κ1) is 12.4. The molecule has 6 nitrogen and oxygen atoms in total. The van der Waals surface area contributed by atoms with E-state index in [1.807, 2.05) is 0 Å². The van der Waals surface area contributed by atoms with E-state index in [9.17, 15) is 4.79 Å². The molecule has 0 radical (unpaired) electrons. The van der Waals surface area contributed by atoms with Crippen molar-refractivity contribution in [3.05, 3.63) is 34.3 Å². The van der Waals surface area contributed by atoms with Gasteiger partial charge in [0.15, 0.2) is 10.5 Å². The molecule has 1 atom stereocenters. The van der Waals surface area contributed by atoms with Crippen LogP contribution in [-0.4, -0.2) is 34.0 Å². The van der Waals surface area contributed by atoms with Gasteiger partial charge in [-0.2, -0.15) is 4.98 Å². The molecule has 0 aliphatic carbocycles. The third-order valence-corrected chi connectivity index (χ3v) is 3.83. The summed E-state index contributed by atoms with van der Waals surface area (Å²) < 4.78 is 10.7. The molecule has 1 amide bonds. The second kappa shape index (κ2) is 4.80. The molecule has 2 aromatic heterocycles. The van der Waals surface area contributed by atoms with E-state index in [1.54, 1.807) is 17.9 Å². The second-order valence-electron chi connectivity index (χ2n) is 4.52. The maximum absolute atomic E-state index is 12.3. The topological polar surface area (TPSA) is 72.4 Å². The Morgan fingerprint density at radius 3 is 3.05 bits per heavy atom. The number of likely N-dealkylation sites (tertiary alicyclic amines) is 1. The molecule has 0 spiro atoms. The van der Waals surface area contributed by atoms with Crippen molar-refractivity contribution in [2.45, 2.75) is 19.3 Å². The molecule has 100 valence electrons. The fourth-order valence-corrected chi connectivity index (χ4v) is 2.65. The highest BCUT2D eigenvalue weighted by atomic mass is 79.9. The lowest BCUT2D eigenvalue weighted by Gasteiger charge is -2.14. The molecule has 1 saturated heterocycles. The Hall–Kier alpha value is -1.63. The highest BCUT2D eigenvalue weighted by Crippen LogP contribution is 2.28. The molecule has 0 bridgehead atoms. The van der Waals surface area contributed by atoms with Gasteiger partial charge in [0, 0.05) is 13.1 Å². The van der Waals surface area contributed by atoms with Gasteiger partial charge in [0.2, 0.25) is 5.89 Å². The summed E-state index contributed by atoms with van der Waals surface area (Å²) in [5.41, 5.74) is 0.544. The minimum Gasteiger partial charge on any atom is -0.457 e. The van der Waals surface area contributed by atoms with Crippen LogP contribution in [0.3, 0.4) is 0 Å². The first-order valence-electron chi connectivity index (χ1n) is 5.97. The van der Waals surface area contributed by atoms with Crippen molar-refractivity contribution in [2.75, 3.05) is 13.1 Å². The highest BCUT2D eigenvalue weighted by Gasteiger charge is 2.32. The van der Waals surface area contributed by atoms with Gasteiger partial charge in [-0.25, -0.2) is 0 Å². The van der Waals surface area contributed by atoms with E-state index >= 15 is 0 Å². The van der Waals surface area contributed by atoms with Crippen molar-refractivity contribution in [3.8, 4) is 0 Å². The van der Waals surface area contributed by atoms with Gasteiger partial charge in [-0.3, -0.25) is 4.79 Å². The average molecular weight is 326 g/mol. The first-order chi connectivity index (χ1) is 9.15. The molecule has 1 aliphatic rings. The summed E-state index contributed by atoms with van der Waals surface area (Å²) in [6, 6.07) is 1.66. The van der Waals surface area contributed by atoms with Crippen molar-refractivity contribution in [1.29, 1.82) is 0 Å². The second-order valence-corrected chi connectivity index (χ2v) is 5.24. The molecule has 0 saturated carbocycles. The minimum absolute atomic E-state index is 0.0423. The van der Waals surface area contributed by atoms with E-state index in [2.05, 4.69) is 26.1 Å². The number of rotatable bonds is 2. The quantitative estimate of drug-likeness (QED) is 0.847. The summed E-state index contributed by atoms with van der Waals surface area (Å²) in [7, 11) is 0. The summed E-state index contributed by atoms with van der Waals surface area (Å²) in [5.74, 6) is 1.31. The molecule has 1 fully saturated rings. The fraction of sp³-hybridized carbons (Fsp3) is 0.417. The van der Waals surface area contributed by atoms with Gasteiger partial charge in [0.1, 0.15) is 0 Å². The number of hydrogen-bond acceptors (Lipinski definition) is 5. The zero-order valence-corrected chi connectivity index (χ0v) is 11.9. The number of hydrogen-bond donors (Lipinski definition) is 0. The number of carbonyl (C=O) groups is 1. The maximum atomic E-state index is 12.3. The SMILES string of the molecule is Cc1noc(C2CCN(C(=O)c3ccoc3Br)C2)n1. The van der Waals surface area contributed by atoms with Crippen molar-refractivity contribution in [3.63, 3.8) is 0 Å². The number of aromatic nitrogens is 2. The molecule has 1 unspecified atom stereocenters. The van der Waals surface area contributed by atoms with E-state index in [0.717, 1.165) is 6.42 Å². The van der Waals surface area contributed by atoms with E-state index in [0.29, 0.717) is 35.0 Å². The van der Waals surface area contributed by atoms with Crippen LogP contribution in [0, 0.1) is 6.92 Å². The third-order valence-electron chi connectivity index (χ3n) is 3.22. The average Bonchev–Trinajstić information content (AvgIpc) is 3.07. The summed E-state index contributed by atoms with van der Waals surface area (Å²) in [4.78, 5) is 18.3. The lowest BCUT2D eigenvalue weighted by Crippen LogP contribution is -2.28. The molecular formula is C12H12BrN3O3. The van der Waals surface area contributed by atoms with Crippen molar-refractivity contribution >= 4 is 21.8 Å². The monoisotopic (exact) mass is 325 g/mol. The Morgan fingerprint density at radius 2 is 2.42 bits per heavy atom. The Bertz CT molecular complexity index is 607. The van der Waals surface area contributed by atoms with Gasteiger partial charge in [0.25, 0.3) is 5.91 Å². The van der Waals surface area contributed by atoms with E-state index in [4.69, 9.17) is 8.94 Å². The predicted octanol–water partition coefficient (Wildman–Crippen LogP) is 2.36. The minimum atomic E-state index is -0.0423. The van der Waals surface area contributed by atoms with Gasteiger partial charge >= 0.3 is 0 Å². The molecule has 3 rings (SSSR count). The van der Waals surface area contributed by atoms with Gasteiger partial charge in [-0.15, -0.1) is 0 Å². The summed E-state index contributed by atoms with van der Waals surface area (Å²) in [6.45, 7) is 3.06. The van der Waals surface area contributed by atoms with E-state index in [1.165, 1.54) is 6.26 Å². The molecule has 0 N–H and O–H groups in total. The Labute approximate surface area is 117 Å². The Kier molecular flexibility index (Phi) is 3.14. The van der Waals surface area contributed by atoms with Crippen molar-refractivity contribution < 1.29 is 13.7 Å². The van der Waals surface area contributed by atoms with Crippen LogP contribution >= 0.6 is 15.9 Å². The molecular weight excluding hydrogens is 314 g/mol. The van der Waals surface area contributed by atoms with Gasteiger partial charge in [-0.1, -0.05) is 5.16 Å². The lowest BCUT2D eigenvalue weighted by atomic mass is 10.1. The zero-order valence-electron chi connectivity index (χ0n) is 10.3. The normalized spacial score (nSPS) is 19.1. The molecule has 7 heteroatoms. The number of aryl methyl sites for hydroxylation is 1. The zero-order chi connectivity index (χ0) is 13.4. The standard InChI is InChI=1S/C12H12BrN3O3/c1-7-14-11(19-15-7)8-2-4-16(6-8)12(17)9-3-5-18-10(9)13/h3,5,8H,2,4,6H2,1H3. The number of halogens is 1. The maximum Gasteiger partial charge on any atom is 0.258 e. The largest absolute Gasteiger partial charge is 0.457 e. The molecule has 1 aliphatic heterocycles. The van der Waals surface area contributed by atoms with Crippen LogP contribution in [0.25, 0.3) is 0 Å². The molecule has 19 heavy (non-hydrogen) atoms. The van der Waals surface area contributed by atoms with Crippen molar-refractivity contribution in [1.82, 2.24) is 15.0 Å². The van der Waals surface area contributed by atoms with Gasteiger partial charge in [-0.05, 0) is 35.3 Å². The van der Waals surface area contributed by atoms with Crippen molar-refractivity contribution in [2.24, 2.45) is 0 Å². The number of carbonyl (C=O) groups excluding carboxylic acids is 1. The third kappa shape index (κ3) is 2.30. The predicted molar refractivity (Wildman–Crippen MR) is 68.7 cm³/mol. The number of amides is 1. The fourth-order valence-electron chi connectivity index (χ4n) is 2.24. The molecule has 2 aromatic rings. The Morgan fingerprint density at radius 1 is 1.58 bits per heavy atom. The van der Waals surface area contributed by atoms with Crippen LogP contribution in [0.4, 0.5) is 0 Å². The smallest absolute Gasteiger partial charge is 0.258 e. The lowest BCUT2D eigenvalue weighted by molar-refractivity contribution is 0.0787. The summed E-state index contributed by atoms with van der Waals surface area (Å²) in [6.07, 6.45) is 2.33. The molecule has 0 aromatic carbocycles. The van der Waals surface area contributed by atoms with Crippen LogP contribution in [-0.2, 0) is 0 Å². The summed E-state index contributed by atoms with van der Waals surface area (Å²) in [5, 5.41) is 3.78. The van der Waals surface area contributed by atoms with Crippen LogP contribution in [0.1, 0.15) is 34.4 Å². The molecule has 3 heterocycles. The number of furan rings is 1. The van der Waals surface area contributed by atoms with Crippen LogP contribution in [0.2, 0.25) is 0 Å².